The molecule has 0 N–H and O–H groups in total. The summed E-state index contributed by atoms with van der Waals surface area (Å²) in [5.41, 5.74) is 0.946. The van der Waals surface area contributed by atoms with Gasteiger partial charge in [-0.15, -0.1) is 11.8 Å². The molecule has 0 radical (unpaired) electrons. The molecule has 0 aliphatic rings. The topological polar surface area (TPSA) is 50.3 Å². The molecule has 0 aliphatic heterocycles. The lowest BCUT2D eigenvalue weighted by atomic mass is 10.2. The van der Waals surface area contributed by atoms with Gasteiger partial charge < -0.3 is 0 Å². The van der Waals surface area contributed by atoms with Gasteiger partial charge in [-0.05, 0) is 45.9 Å². The Labute approximate surface area is 137 Å². The van der Waals surface area contributed by atoms with E-state index in [-0.39, 0.29) is 4.90 Å². The second kappa shape index (κ2) is 6.91. The number of nitrogens with zero attached hydrogens (tertiary/aromatic N) is 2. The second-order valence-corrected chi connectivity index (χ2v) is 8.29. The average Bonchev–Trinajstić information content (AvgIpc) is 2.48. The molecular formula is C14H15BrN2O2S2. The Hall–Kier alpha value is -0.890. The first-order valence-electron chi connectivity index (χ1n) is 6.13. The molecule has 4 nitrogen and oxygen atoms in total. The van der Waals surface area contributed by atoms with Crippen LogP contribution in [-0.2, 0) is 16.6 Å². The van der Waals surface area contributed by atoms with Crippen LogP contribution in [0.2, 0.25) is 0 Å². The predicted molar refractivity (Wildman–Crippen MR) is 88.8 cm³/mol. The van der Waals surface area contributed by atoms with E-state index in [2.05, 4.69) is 20.9 Å². The molecule has 0 saturated carbocycles. The van der Waals surface area contributed by atoms with Gasteiger partial charge in [0.2, 0.25) is 10.0 Å². The average molecular weight is 387 g/mol. The van der Waals surface area contributed by atoms with Crippen molar-refractivity contribution in [2.24, 2.45) is 0 Å². The fourth-order valence-corrected chi connectivity index (χ4v) is 3.86. The van der Waals surface area contributed by atoms with E-state index in [1.54, 1.807) is 31.1 Å². The van der Waals surface area contributed by atoms with Crippen LogP contribution in [0.1, 0.15) is 5.56 Å². The number of hydrogen-bond acceptors (Lipinski definition) is 4. The van der Waals surface area contributed by atoms with E-state index < -0.39 is 10.0 Å². The lowest BCUT2D eigenvalue weighted by Crippen LogP contribution is -2.26. The molecule has 1 heterocycles. The zero-order valence-electron chi connectivity index (χ0n) is 11.7. The maximum Gasteiger partial charge on any atom is 0.244 e. The van der Waals surface area contributed by atoms with Crippen molar-refractivity contribution in [3.8, 4) is 0 Å². The quantitative estimate of drug-likeness (QED) is 0.738. The highest BCUT2D eigenvalue weighted by Crippen LogP contribution is 2.20. The molecule has 0 amide bonds. The van der Waals surface area contributed by atoms with Gasteiger partial charge in [-0.25, -0.2) is 8.42 Å². The van der Waals surface area contributed by atoms with Crippen molar-refractivity contribution in [2.75, 3.05) is 13.3 Å². The van der Waals surface area contributed by atoms with Gasteiger partial charge in [0.15, 0.2) is 0 Å². The zero-order chi connectivity index (χ0) is 15.5. The van der Waals surface area contributed by atoms with E-state index >= 15 is 0 Å². The van der Waals surface area contributed by atoms with Crippen molar-refractivity contribution < 1.29 is 8.42 Å². The molecule has 21 heavy (non-hydrogen) atoms. The van der Waals surface area contributed by atoms with E-state index in [9.17, 15) is 8.42 Å². The summed E-state index contributed by atoms with van der Waals surface area (Å²) >= 11 is 4.89. The Morgan fingerprint density at radius 3 is 2.48 bits per heavy atom. The van der Waals surface area contributed by atoms with Crippen molar-refractivity contribution in [2.45, 2.75) is 16.3 Å². The third-order valence-corrected chi connectivity index (χ3v) is 5.90. The van der Waals surface area contributed by atoms with Crippen molar-refractivity contribution >= 4 is 37.7 Å². The van der Waals surface area contributed by atoms with Crippen LogP contribution in [0.5, 0.6) is 0 Å². The normalized spacial score (nSPS) is 11.8. The van der Waals surface area contributed by atoms with Gasteiger partial charge in [-0.1, -0.05) is 12.1 Å². The van der Waals surface area contributed by atoms with Crippen LogP contribution in [0, 0.1) is 0 Å². The van der Waals surface area contributed by atoms with Crippen LogP contribution in [-0.4, -0.2) is 31.0 Å². The van der Waals surface area contributed by atoms with Crippen molar-refractivity contribution in [1.82, 2.24) is 9.29 Å². The summed E-state index contributed by atoms with van der Waals surface area (Å²) in [6, 6.07) is 9.41. The number of halogens is 1. The van der Waals surface area contributed by atoms with E-state index in [1.165, 1.54) is 10.5 Å². The highest BCUT2D eigenvalue weighted by molar-refractivity contribution is 9.10. The third kappa shape index (κ3) is 4.06. The molecule has 7 heteroatoms. The molecule has 1 aromatic heterocycles. The van der Waals surface area contributed by atoms with Crippen LogP contribution in [0.15, 0.2) is 57.0 Å². The molecule has 0 spiro atoms. The van der Waals surface area contributed by atoms with Crippen molar-refractivity contribution in [3.63, 3.8) is 0 Å². The first kappa shape index (κ1) is 16.5. The molecule has 2 rings (SSSR count). The number of rotatable bonds is 5. The summed E-state index contributed by atoms with van der Waals surface area (Å²) < 4.78 is 26.9. The van der Waals surface area contributed by atoms with Crippen LogP contribution in [0.4, 0.5) is 0 Å². The SMILES string of the molecule is CSc1ccc(CN(C)S(=O)(=O)c2cncc(Br)c2)cc1. The summed E-state index contributed by atoms with van der Waals surface area (Å²) in [5, 5.41) is 0. The monoisotopic (exact) mass is 386 g/mol. The maximum absolute atomic E-state index is 12.5. The highest BCUT2D eigenvalue weighted by atomic mass is 79.9. The number of sulfonamides is 1. The Balaban J connectivity index is 2.20. The summed E-state index contributed by atoms with van der Waals surface area (Å²) in [6.45, 7) is 0.323. The fraction of sp³-hybridized carbons (Fsp3) is 0.214. The van der Waals surface area contributed by atoms with Crippen LogP contribution in [0.25, 0.3) is 0 Å². The minimum atomic E-state index is -3.54. The molecule has 0 fully saturated rings. The van der Waals surface area contributed by atoms with E-state index in [1.807, 2.05) is 30.5 Å². The maximum atomic E-state index is 12.5. The molecule has 1 aromatic carbocycles. The van der Waals surface area contributed by atoms with Crippen molar-refractivity contribution in [3.05, 3.63) is 52.8 Å². The minimum absolute atomic E-state index is 0.181. The van der Waals surface area contributed by atoms with E-state index in [0.29, 0.717) is 11.0 Å². The van der Waals surface area contributed by atoms with Crippen LogP contribution < -0.4 is 0 Å². The largest absolute Gasteiger partial charge is 0.262 e. The van der Waals surface area contributed by atoms with Gasteiger partial charge in [0.05, 0.1) is 0 Å². The lowest BCUT2D eigenvalue weighted by Gasteiger charge is -2.17. The van der Waals surface area contributed by atoms with E-state index in [0.717, 1.165) is 10.5 Å². The Morgan fingerprint density at radius 1 is 1.24 bits per heavy atom. The first-order chi connectivity index (χ1) is 9.93. The highest BCUT2D eigenvalue weighted by Gasteiger charge is 2.21. The van der Waals surface area contributed by atoms with Crippen LogP contribution in [0.3, 0.4) is 0 Å². The number of pyridine rings is 1. The number of hydrogen-bond donors (Lipinski definition) is 0. The Morgan fingerprint density at radius 2 is 1.90 bits per heavy atom. The first-order valence-corrected chi connectivity index (χ1v) is 9.59. The van der Waals surface area contributed by atoms with Gasteiger partial charge >= 0.3 is 0 Å². The standard InChI is InChI=1S/C14H15BrN2O2S2/c1-17(10-11-3-5-13(20-2)6-4-11)21(18,19)14-7-12(15)8-16-9-14/h3-9H,10H2,1-2H3. The smallest absolute Gasteiger partial charge is 0.244 e. The molecule has 0 saturated heterocycles. The minimum Gasteiger partial charge on any atom is -0.262 e. The summed E-state index contributed by atoms with van der Waals surface area (Å²) in [5.74, 6) is 0. The van der Waals surface area contributed by atoms with Crippen LogP contribution >= 0.6 is 27.7 Å². The zero-order valence-corrected chi connectivity index (χ0v) is 14.9. The van der Waals surface area contributed by atoms with E-state index in [4.69, 9.17) is 0 Å². The van der Waals surface area contributed by atoms with Crippen molar-refractivity contribution in [1.29, 1.82) is 0 Å². The molecule has 112 valence electrons. The molecule has 0 unspecified atom stereocenters. The van der Waals surface area contributed by atoms with Gasteiger partial charge in [0.1, 0.15) is 4.90 Å². The molecule has 2 aromatic rings. The lowest BCUT2D eigenvalue weighted by molar-refractivity contribution is 0.466. The molecule has 0 atom stereocenters. The predicted octanol–water partition coefficient (Wildman–Crippen LogP) is 3.39. The second-order valence-electron chi connectivity index (χ2n) is 4.45. The molecule has 0 bridgehead atoms. The third-order valence-electron chi connectivity index (χ3n) is 2.95. The summed E-state index contributed by atoms with van der Waals surface area (Å²) in [4.78, 5) is 5.24. The summed E-state index contributed by atoms with van der Waals surface area (Å²) in [6.07, 6.45) is 4.92. The number of thioether (sulfide) groups is 1. The molecular weight excluding hydrogens is 372 g/mol. The van der Waals surface area contributed by atoms with Gasteiger partial charge in [-0.3, -0.25) is 4.98 Å². The summed E-state index contributed by atoms with van der Waals surface area (Å²) in [7, 11) is -1.97. The van der Waals surface area contributed by atoms with Gasteiger partial charge in [0.25, 0.3) is 0 Å². The van der Waals surface area contributed by atoms with Gasteiger partial charge in [-0.2, -0.15) is 4.31 Å². The molecule has 0 aliphatic carbocycles. The Kier molecular flexibility index (Phi) is 5.43. The van der Waals surface area contributed by atoms with Gasteiger partial charge in [0, 0.05) is 35.4 Å². The number of benzene rings is 1. The fourth-order valence-electron chi connectivity index (χ4n) is 1.79. The number of aromatic nitrogens is 1. The Bertz CT molecular complexity index is 718.